The van der Waals surface area contributed by atoms with Crippen LogP contribution in [0.25, 0.3) is 0 Å². The molecule has 114 valence electrons. The van der Waals surface area contributed by atoms with Gasteiger partial charge in [-0.15, -0.1) is 0 Å². The summed E-state index contributed by atoms with van der Waals surface area (Å²) in [6.45, 7) is 0.387. The van der Waals surface area contributed by atoms with Gasteiger partial charge in [-0.1, -0.05) is 19.3 Å². The van der Waals surface area contributed by atoms with Crippen molar-refractivity contribution in [3.05, 3.63) is 29.8 Å². The summed E-state index contributed by atoms with van der Waals surface area (Å²) in [6, 6.07) is 8.88. The molecule has 0 bridgehead atoms. The fourth-order valence-corrected chi connectivity index (χ4v) is 4.57. The molecule has 5 heteroatoms. The number of benzene rings is 1. The third kappa shape index (κ3) is 4.75. The van der Waals surface area contributed by atoms with Gasteiger partial charge in [0, 0.05) is 0 Å². The van der Waals surface area contributed by atoms with E-state index >= 15 is 0 Å². The number of ether oxygens (including phenoxy) is 1. The number of nitrogens with zero attached hydrogens (tertiary/aromatic N) is 1. The van der Waals surface area contributed by atoms with Gasteiger partial charge in [-0.25, -0.2) is 8.42 Å². The lowest BCUT2D eigenvalue weighted by molar-refractivity contribution is 0.317. The summed E-state index contributed by atoms with van der Waals surface area (Å²) in [6.07, 6.45) is 5.38. The zero-order valence-electron chi connectivity index (χ0n) is 12.1. The Balaban J connectivity index is 1.74. The van der Waals surface area contributed by atoms with Crippen molar-refractivity contribution in [2.24, 2.45) is 0 Å². The van der Waals surface area contributed by atoms with E-state index in [4.69, 9.17) is 10.00 Å². The first-order chi connectivity index (χ1) is 10.1. The SMILES string of the molecule is N#Cc1ccc(OCCCS(=O)(=O)C2CCCCC2)cc1. The molecule has 0 unspecified atom stereocenters. The second-order valence-electron chi connectivity index (χ2n) is 5.47. The van der Waals surface area contributed by atoms with Crippen LogP contribution < -0.4 is 4.74 Å². The summed E-state index contributed by atoms with van der Waals surface area (Å²) >= 11 is 0. The third-order valence-electron chi connectivity index (χ3n) is 3.89. The lowest BCUT2D eigenvalue weighted by Gasteiger charge is -2.21. The topological polar surface area (TPSA) is 67.2 Å². The monoisotopic (exact) mass is 307 g/mol. The molecule has 21 heavy (non-hydrogen) atoms. The molecule has 0 N–H and O–H groups in total. The first-order valence-electron chi connectivity index (χ1n) is 7.46. The van der Waals surface area contributed by atoms with Crippen LogP contribution in [0.5, 0.6) is 5.75 Å². The summed E-state index contributed by atoms with van der Waals surface area (Å²) in [7, 11) is -2.97. The van der Waals surface area contributed by atoms with Crippen LogP contribution >= 0.6 is 0 Å². The largest absolute Gasteiger partial charge is 0.494 e. The molecule has 0 amide bonds. The van der Waals surface area contributed by atoms with Crippen LogP contribution in [0.1, 0.15) is 44.1 Å². The maximum Gasteiger partial charge on any atom is 0.153 e. The Hall–Kier alpha value is -1.54. The van der Waals surface area contributed by atoms with Crippen molar-refractivity contribution < 1.29 is 13.2 Å². The first kappa shape index (κ1) is 15.8. The van der Waals surface area contributed by atoms with Gasteiger partial charge in [0.15, 0.2) is 9.84 Å². The van der Waals surface area contributed by atoms with Crippen molar-refractivity contribution in [2.45, 2.75) is 43.8 Å². The Morgan fingerprint density at radius 2 is 1.81 bits per heavy atom. The van der Waals surface area contributed by atoms with Crippen molar-refractivity contribution >= 4 is 9.84 Å². The minimum Gasteiger partial charge on any atom is -0.494 e. The Kier molecular flexibility index (Phi) is 5.63. The van der Waals surface area contributed by atoms with Crippen LogP contribution in [0.2, 0.25) is 0 Å². The van der Waals surface area contributed by atoms with Crippen LogP contribution in [0.4, 0.5) is 0 Å². The normalized spacial score (nSPS) is 16.3. The fraction of sp³-hybridized carbons (Fsp3) is 0.562. The average molecular weight is 307 g/mol. The van der Waals surface area contributed by atoms with E-state index < -0.39 is 9.84 Å². The molecule has 0 radical (unpaired) electrons. The van der Waals surface area contributed by atoms with Gasteiger partial charge in [0.2, 0.25) is 0 Å². The predicted octanol–water partition coefficient (Wildman–Crippen LogP) is 3.07. The van der Waals surface area contributed by atoms with Gasteiger partial charge in [-0.2, -0.15) is 5.26 Å². The highest BCUT2D eigenvalue weighted by Gasteiger charge is 2.26. The van der Waals surface area contributed by atoms with E-state index in [-0.39, 0.29) is 11.0 Å². The van der Waals surface area contributed by atoms with Crippen LogP contribution in [-0.4, -0.2) is 26.0 Å². The van der Waals surface area contributed by atoms with Crippen LogP contribution in [-0.2, 0) is 9.84 Å². The molecule has 1 aromatic carbocycles. The molecule has 0 saturated heterocycles. The quantitative estimate of drug-likeness (QED) is 0.757. The summed E-state index contributed by atoms with van der Waals surface area (Å²) in [5.74, 6) is 0.873. The van der Waals surface area contributed by atoms with Crippen molar-refractivity contribution in [2.75, 3.05) is 12.4 Å². The lowest BCUT2D eigenvalue weighted by Crippen LogP contribution is -2.27. The number of rotatable bonds is 6. The minimum absolute atomic E-state index is 0.138. The number of nitriles is 1. The standard InChI is InChI=1S/C16H21NO3S/c17-13-14-7-9-15(10-8-14)20-11-4-12-21(18,19)16-5-2-1-3-6-16/h7-10,16H,1-6,11-12H2. The summed E-state index contributed by atoms with van der Waals surface area (Å²) in [5, 5.41) is 8.56. The maximum atomic E-state index is 12.2. The number of hydrogen-bond acceptors (Lipinski definition) is 4. The lowest BCUT2D eigenvalue weighted by atomic mass is 10.0. The molecule has 1 aliphatic carbocycles. The number of sulfone groups is 1. The molecule has 4 nitrogen and oxygen atoms in total. The molecule has 0 aliphatic heterocycles. The van der Waals surface area contributed by atoms with E-state index in [1.54, 1.807) is 24.3 Å². The molecule has 0 spiro atoms. The highest BCUT2D eigenvalue weighted by Crippen LogP contribution is 2.24. The van der Waals surface area contributed by atoms with Gasteiger partial charge >= 0.3 is 0 Å². The smallest absolute Gasteiger partial charge is 0.153 e. The van der Waals surface area contributed by atoms with Gasteiger partial charge in [0.05, 0.1) is 29.2 Å². The fourth-order valence-electron chi connectivity index (χ4n) is 2.67. The molecular formula is C16H21NO3S. The van der Waals surface area contributed by atoms with E-state index in [2.05, 4.69) is 0 Å². The van der Waals surface area contributed by atoms with Crippen LogP contribution in [0.3, 0.4) is 0 Å². The Bertz CT molecular complexity index is 581. The Morgan fingerprint density at radius 1 is 1.14 bits per heavy atom. The number of hydrogen-bond donors (Lipinski definition) is 0. The molecule has 0 heterocycles. The molecule has 1 fully saturated rings. The predicted molar refractivity (Wildman–Crippen MR) is 81.9 cm³/mol. The van der Waals surface area contributed by atoms with E-state index in [0.717, 1.165) is 32.1 Å². The molecule has 0 aromatic heterocycles. The van der Waals surface area contributed by atoms with Gasteiger partial charge < -0.3 is 4.74 Å². The van der Waals surface area contributed by atoms with E-state index in [0.29, 0.717) is 24.3 Å². The molecule has 1 aliphatic rings. The molecule has 0 atom stereocenters. The maximum absolute atomic E-state index is 12.2. The van der Waals surface area contributed by atoms with Crippen LogP contribution in [0, 0.1) is 11.3 Å². The second kappa shape index (κ2) is 7.46. The van der Waals surface area contributed by atoms with E-state index in [9.17, 15) is 8.42 Å². The highest BCUT2D eigenvalue weighted by molar-refractivity contribution is 7.92. The molecule has 1 saturated carbocycles. The van der Waals surface area contributed by atoms with Gasteiger partial charge in [-0.05, 0) is 43.5 Å². The zero-order chi connectivity index (χ0) is 15.1. The molecule has 1 aromatic rings. The summed E-state index contributed by atoms with van der Waals surface area (Å²) in [4.78, 5) is 0. The van der Waals surface area contributed by atoms with Gasteiger partial charge in [0.1, 0.15) is 5.75 Å². The Morgan fingerprint density at radius 3 is 2.43 bits per heavy atom. The Labute approximate surface area is 126 Å². The summed E-state index contributed by atoms with van der Waals surface area (Å²) in [5.41, 5.74) is 0.585. The van der Waals surface area contributed by atoms with E-state index in [1.807, 2.05) is 6.07 Å². The van der Waals surface area contributed by atoms with Crippen molar-refractivity contribution in [3.8, 4) is 11.8 Å². The molecular weight excluding hydrogens is 286 g/mol. The van der Waals surface area contributed by atoms with Gasteiger partial charge in [-0.3, -0.25) is 0 Å². The van der Waals surface area contributed by atoms with Crippen molar-refractivity contribution in [1.82, 2.24) is 0 Å². The minimum atomic E-state index is -2.97. The third-order valence-corrected chi connectivity index (χ3v) is 6.23. The molecule has 2 rings (SSSR count). The second-order valence-corrected chi connectivity index (χ2v) is 7.87. The van der Waals surface area contributed by atoms with Crippen molar-refractivity contribution in [3.63, 3.8) is 0 Å². The van der Waals surface area contributed by atoms with Gasteiger partial charge in [0.25, 0.3) is 0 Å². The average Bonchev–Trinajstić information content (AvgIpc) is 2.53. The van der Waals surface area contributed by atoms with Crippen LogP contribution in [0.15, 0.2) is 24.3 Å². The van der Waals surface area contributed by atoms with Crippen molar-refractivity contribution in [1.29, 1.82) is 5.26 Å². The highest BCUT2D eigenvalue weighted by atomic mass is 32.2. The summed E-state index contributed by atoms with van der Waals surface area (Å²) < 4.78 is 29.9. The first-order valence-corrected chi connectivity index (χ1v) is 9.18. The zero-order valence-corrected chi connectivity index (χ0v) is 12.9. The van der Waals surface area contributed by atoms with E-state index in [1.165, 1.54) is 0 Å².